The summed E-state index contributed by atoms with van der Waals surface area (Å²) in [7, 11) is 0. The summed E-state index contributed by atoms with van der Waals surface area (Å²) in [4.78, 5) is 28.7. The zero-order chi connectivity index (χ0) is 22.2. The van der Waals surface area contributed by atoms with Gasteiger partial charge in [-0.2, -0.15) is 0 Å². The smallest absolute Gasteiger partial charge is 0.311 e. The zero-order valence-corrected chi connectivity index (χ0v) is 18.4. The van der Waals surface area contributed by atoms with Gasteiger partial charge < -0.3 is 14.2 Å². The van der Waals surface area contributed by atoms with Crippen LogP contribution in [0.3, 0.4) is 0 Å². The summed E-state index contributed by atoms with van der Waals surface area (Å²) in [6.07, 6.45) is -0.000212. The minimum absolute atomic E-state index is 0.0625. The molecule has 7 nitrogen and oxygen atoms in total. The van der Waals surface area contributed by atoms with Crippen molar-refractivity contribution in [1.82, 2.24) is 4.98 Å². The molecule has 1 aromatic heterocycles. The molecule has 0 bridgehead atoms. The average molecular weight is 441 g/mol. The van der Waals surface area contributed by atoms with Gasteiger partial charge in [-0.1, -0.05) is 18.2 Å². The number of ether oxygens (including phenoxy) is 3. The molecule has 1 amide bonds. The molecule has 8 heteroatoms. The number of amides is 1. The van der Waals surface area contributed by atoms with E-state index in [0.717, 1.165) is 0 Å². The van der Waals surface area contributed by atoms with Gasteiger partial charge >= 0.3 is 5.97 Å². The predicted octanol–water partition coefficient (Wildman–Crippen LogP) is 5.08. The van der Waals surface area contributed by atoms with E-state index in [2.05, 4.69) is 10.3 Å². The second kappa shape index (κ2) is 10.6. The summed E-state index contributed by atoms with van der Waals surface area (Å²) in [6, 6.07) is 14.3. The molecule has 0 spiro atoms. The normalized spacial score (nSPS) is 10.6. The third-order valence-corrected chi connectivity index (χ3v) is 4.70. The van der Waals surface area contributed by atoms with Crippen LogP contribution < -0.4 is 14.8 Å². The van der Waals surface area contributed by atoms with Crippen molar-refractivity contribution in [2.24, 2.45) is 0 Å². The fourth-order valence-corrected chi connectivity index (χ4v) is 3.41. The summed E-state index contributed by atoms with van der Waals surface area (Å²) >= 11 is 1.24. The molecule has 0 aliphatic heterocycles. The van der Waals surface area contributed by atoms with Crippen LogP contribution in [0.5, 0.6) is 17.2 Å². The fourth-order valence-electron chi connectivity index (χ4n) is 2.70. The average Bonchev–Trinajstić information content (AvgIpc) is 3.14. The highest BCUT2D eigenvalue weighted by Crippen LogP contribution is 2.29. The van der Waals surface area contributed by atoms with Crippen molar-refractivity contribution in [3.63, 3.8) is 0 Å². The fraction of sp³-hybridized carbons (Fsp3) is 0.261. The first-order valence-corrected chi connectivity index (χ1v) is 10.8. The van der Waals surface area contributed by atoms with E-state index in [0.29, 0.717) is 40.2 Å². The highest BCUT2D eigenvalue weighted by molar-refractivity contribution is 7.14. The number of nitrogens with one attached hydrogen (secondary N) is 1. The maximum absolute atomic E-state index is 12.8. The molecule has 162 valence electrons. The van der Waals surface area contributed by atoms with E-state index in [9.17, 15) is 9.59 Å². The first-order valence-electron chi connectivity index (χ1n) is 9.89. The van der Waals surface area contributed by atoms with Crippen molar-refractivity contribution in [2.45, 2.75) is 33.3 Å². The summed E-state index contributed by atoms with van der Waals surface area (Å²) in [5.74, 6) is 0.947. The van der Waals surface area contributed by atoms with E-state index >= 15 is 0 Å². The second-order valence-electron chi connectivity index (χ2n) is 6.85. The molecule has 3 aromatic rings. The van der Waals surface area contributed by atoms with Crippen molar-refractivity contribution in [1.29, 1.82) is 0 Å². The molecule has 0 unspecified atom stereocenters. The van der Waals surface area contributed by atoms with Crippen LogP contribution in [0.15, 0.2) is 53.9 Å². The molecule has 2 aromatic carbocycles. The van der Waals surface area contributed by atoms with E-state index in [4.69, 9.17) is 14.2 Å². The Hall–Kier alpha value is -3.39. The van der Waals surface area contributed by atoms with Gasteiger partial charge in [-0.15, -0.1) is 11.3 Å². The molecule has 31 heavy (non-hydrogen) atoms. The van der Waals surface area contributed by atoms with Crippen molar-refractivity contribution < 1.29 is 23.8 Å². The lowest BCUT2D eigenvalue weighted by molar-refractivity contribution is -0.142. The van der Waals surface area contributed by atoms with Gasteiger partial charge in [-0.25, -0.2) is 4.98 Å². The third-order valence-electron chi connectivity index (χ3n) is 3.90. The lowest BCUT2D eigenvalue weighted by Gasteiger charge is -2.14. The minimum atomic E-state index is -0.357. The van der Waals surface area contributed by atoms with Crippen LogP contribution in [-0.2, 0) is 16.0 Å². The van der Waals surface area contributed by atoms with Gasteiger partial charge in [-0.3, -0.25) is 14.9 Å². The van der Waals surface area contributed by atoms with E-state index in [1.165, 1.54) is 11.3 Å². The van der Waals surface area contributed by atoms with E-state index in [-0.39, 0.29) is 24.4 Å². The molecular formula is C23H24N2O5S. The van der Waals surface area contributed by atoms with Gasteiger partial charge in [0, 0.05) is 17.0 Å². The number of hydrogen-bond acceptors (Lipinski definition) is 7. The molecular weight excluding hydrogens is 416 g/mol. The maximum Gasteiger partial charge on any atom is 0.311 e. The molecule has 0 aliphatic rings. The van der Waals surface area contributed by atoms with Crippen LogP contribution in [0.2, 0.25) is 0 Å². The summed E-state index contributed by atoms with van der Waals surface area (Å²) in [5.41, 5.74) is 0.912. The molecule has 1 N–H and O–H groups in total. The Morgan fingerprint density at radius 1 is 1.06 bits per heavy atom. The van der Waals surface area contributed by atoms with Gasteiger partial charge in [0.05, 0.1) is 24.8 Å². The second-order valence-corrected chi connectivity index (χ2v) is 7.71. The first kappa shape index (κ1) is 22.3. The standard InChI is InChI=1S/C23H24N2O5S/c1-4-28-21(26)12-17-14-31-23(24-17)25-22(27)16-10-19(29-15(2)3)13-20(11-16)30-18-8-6-5-7-9-18/h5-11,13-15H,4,12H2,1-3H3,(H,24,25,27). The predicted molar refractivity (Wildman–Crippen MR) is 119 cm³/mol. The van der Waals surface area contributed by atoms with E-state index in [1.54, 1.807) is 30.5 Å². The highest BCUT2D eigenvalue weighted by atomic mass is 32.1. The number of thiazole rings is 1. The number of para-hydroxylation sites is 1. The van der Waals surface area contributed by atoms with Crippen LogP contribution in [0.1, 0.15) is 36.8 Å². The Morgan fingerprint density at radius 3 is 2.52 bits per heavy atom. The number of anilines is 1. The van der Waals surface area contributed by atoms with Gasteiger partial charge in [0.25, 0.3) is 5.91 Å². The van der Waals surface area contributed by atoms with E-state index < -0.39 is 0 Å². The van der Waals surface area contributed by atoms with Gasteiger partial charge in [-0.05, 0) is 45.0 Å². The molecule has 0 saturated carbocycles. The Morgan fingerprint density at radius 2 is 1.81 bits per heavy atom. The van der Waals surface area contributed by atoms with Crippen molar-refractivity contribution in [2.75, 3.05) is 11.9 Å². The Bertz CT molecular complexity index is 1030. The van der Waals surface area contributed by atoms with Crippen molar-refractivity contribution in [3.05, 3.63) is 65.2 Å². The van der Waals surface area contributed by atoms with E-state index in [1.807, 2.05) is 44.2 Å². The van der Waals surface area contributed by atoms with Crippen LogP contribution in [-0.4, -0.2) is 29.6 Å². The van der Waals surface area contributed by atoms with Crippen LogP contribution in [0.25, 0.3) is 0 Å². The van der Waals surface area contributed by atoms with Crippen LogP contribution >= 0.6 is 11.3 Å². The lowest BCUT2D eigenvalue weighted by atomic mass is 10.2. The number of nitrogens with zero attached hydrogens (tertiary/aromatic N) is 1. The number of benzene rings is 2. The molecule has 0 aliphatic carbocycles. The van der Waals surface area contributed by atoms with Crippen LogP contribution in [0.4, 0.5) is 5.13 Å². The van der Waals surface area contributed by atoms with Gasteiger partial charge in [0.15, 0.2) is 5.13 Å². The molecule has 0 radical (unpaired) electrons. The Kier molecular flexibility index (Phi) is 7.61. The number of carbonyl (C=O) groups is 2. The SMILES string of the molecule is CCOC(=O)Cc1csc(NC(=O)c2cc(Oc3ccccc3)cc(OC(C)C)c2)n1. The first-order chi connectivity index (χ1) is 14.9. The Labute approximate surface area is 185 Å². The largest absolute Gasteiger partial charge is 0.491 e. The summed E-state index contributed by atoms with van der Waals surface area (Å²) in [5, 5.41) is 4.87. The van der Waals surface area contributed by atoms with Crippen LogP contribution in [0, 0.1) is 0 Å². The maximum atomic E-state index is 12.8. The zero-order valence-electron chi connectivity index (χ0n) is 17.6. The molecule has 1 heterocycles. The van der Waals surface area contributed by atoms with Gasteiger partial charge in [0.2, 0.25) is 0 Å². The molecule has 0 atom stereocenters. The third kappa shape index (κ3) is 6.82. The number of carbonyl (C=O) groups excluding carboxylic acids is 2. The number of rotatable bonds is 9. The summed E-state index contributed by atoms with van der Waals surface area (Å²) in [6.45, 7) is 5.88. The minimum Gasteiger partial charge on any atom is -0.491 e. The number of esters is 1. The topological polar surface area (TPSA) is 86.8 Å². The molecule has 0 saturated heterocycles. The van der Waals surface area contributed by atoms with Crippen molar-refractivity contribution in [3.8, 4) is 17.2 Å². The van der Waals surface area contributed by atoms with Crippen molar-refractivity contribution >= 4 is 28.3 Å². The molecule has 0 fully saturated rings. The summed E-state index contributed by atoms with van der Waals surface area (Å²) < 4.78 is 16.6. The quantitative estimate of drug-likeness (QED) is 0.467. The molecule has 3 rings (SSSR count). The van der Waals surface area contributed by atoms with Gasteiger partial charge in [0.1, 0.15) is 17.2 Å². The number of hydrogen-bond donors (Lipinski definition) is 1. The monoisotopic (exact) mass is 440 g/mol. The highest BCUT2D eigenvalue weighted by Gasteiger charge is 2.15. The Balaban J connectivity index is 1.77. The lowest BCUT2D eigenvalue weighted by Crippen LogP contribution is -2.13. The number of aromatic nitrogens is 1.